The zero-order valence-electron chi connectivity index (χ0n) is 11.8. The Balaban J connectivity index is 1.78. The van der Waals surface area contributed by atoms with Crippen LogP contribution in [-0.4, -0.2) is 41.1 Å². The first-order valence-corrected chi connectivity index (χ1v) is 7.01. The normalized spacial score (nSPS) is 21.2. The Morgan fingerprint density at radius 3 is 2.82 bits per heavy atom. The van der Waals surface area contributed by atoms with Crippen molar-refractivity contribution in [2.75, 3.05) is 18.0 Å². The van der Waals surface area contributed by atoms with Crippen molar-refractivity contribution in [3.63, 3.8) is 0 Å². The van der Waals surface area contributed by atoms with Crippen LogP contribution in [0.2, 0.25) is 0 Å². The van der Waals surface area contributed by atoms with Crippen LogP contribution < -0.4 is 4.90 Å². The summed E-state index contributed by atoms with van der Waals surface area (Å²) in [5.74, 6) is -1.31. The van der Waals surface area contributed by atoms with Gasteiger partial charge in [0, 0.05) is 18.8 Å². The largest absolute Gasteiger partial charge is 0.478 e. The topological polar surface area (TPSA) is 60.9 Å². The molecule has 1 aromatic carbocycles. The van der Waals surface area contributed by atoms with Crippen LogP contribution in [0, 0.1) is 0 Å². The predicted octanol–water partition coefficient (Wildman–Crippen LogP) is 2.81. The van der Waals surface area contributed by atoms with Crippen LogP contribution in [-0.2, 0) is 0 Å². The number of nitrogens with zero attached hydrogens (tertiary/aromatic N) is 2. The van der Waals surface area contributed by atoms with Gasteiger partial charge in [-0.15, -0.1) is 0 Å². The Hall–Kier alpha value is -2.63. The molecule has 1 heterocycles. The number of carbonyl (C=O) groups is 2. The lowest BCUT2D eigenvalue weighted by Crippen LogP contribution is -2.38. The third-order valence-electron chi connectivity index (χ3n) is 3.88. The van der Waals surface area contributed by atoms with E-state index in [1.165, 1.54) is 24.3 Å². The van der Waals surface area contributed by atoms with Gasteiger partial charge in [-0.25, -0.2) is 14.0 Å². The highest BCUT2D eigenvalue weighted by Gasteiger charge is 2.33. The summed E-state index contributed by atoms with van der Waals surface area (Å²) in [4.78, 5) is 26.8. The minimum atomic E-state index is -1.03. The molecule has 0 radical (unpaired) electrons. The fraction of sp³-hybridized carbons (Fsp3) is 0.250. The van der Waals surface area contributed by atoms with Crippen molar-refractivity contribution in [2.24, 2.45) is 0 Å². The van der Waals surface area contributed by atoms with Gasteiger partial charge < -0.3 is 10.0 Å². The second kappa shape index (κ2) is 5.63. The molecule has 0 saturated carbocycles. The number of carboxylic acids is 1. The molecule has 0 bridgehead atoms. The summed E-state index contributed by atoms with van der Waals surface area (Å²) in [5.41, 5.74) is 0.709. The SMILES string of the molecule is O=C(O)c1cccc(N2CCN(C3C=CC(F)=CC3)C2=O)c1. The molecular formula is C16H15FN2O3. The van der Waals surface area contributed by atoms with Crippen LogP contribution in [0.25, 0.3) is 0 Å². The maximum atomic E-state index is 13.0. The third kappa shape index (κ3) is 2.59. The summed E-state index contributed by atoms with van der Waals surface area (Å²) in [7, 11) is 0. The van der Waals surface area contributed by atoms with Gasteiger partial charge >= 0.3 is 12.0 Å². The molecule has 0 aromatic heterocycles. The number of carbonyl (C=O) groups excluding carboxylic acids is 1. The molecule has 6 heteroatoms. The second-order valence-corrected chi connectivity index (χ2v) is 5.23. The molecule has 3 rings (SSSR count). The number of hydrogen-bond donors (Lipinski definition) is 1. The molecule has 1 aliphatic carbocycles. The summed E-state index contributed by atoms with van der Waals surface area (Å²) in [6.45, 7) is 1.01. The van der Waals surface area contributed by atoms with E-state index in [1.54, 1.807) is 28.0 Å². The van der Waals surface area contributed by atoms with Gasteiger partial charge in [-0.2, -0.15) is 0 Å². The van der Waals surface area contributed by atoms with Gasteiger partial charge in [0.05, 0.1) is 11.6 Å². The van der Waals surface area contributed by atoms with Crippen molar-refractivity contribution in [2.45, 2.75) is 12.5 Å². The number of halogens is 1. The third-order valence-corrected chi connectivity index (χ3v) is 3.88. The van der Waals surface area contributed by atoms with E-state index in [2.05, 4.69) is 0 Å². The maximum absolute atomic E-state index is 13.0. The van der Waals surface area contributed by atoms with Gasteiger partial charge in [-0.1, -0.05) is 12.1 Å². The minimum absolute atomic E-state index is 0.145. The molecule has 5 nitrogen and oxygen atoms in total. The van der Waals surface area contributed by atoms with Gasteiger partial charge in [0.2, 0.25) is 0 Å². The average Bonchev–Trinajstić information content (AvgIpc) is 2.90. The number of amides is 2. The molecule has 2 aliphatic rings. The maximum Gasteiger partial charge on any atom is 0.335 e. The Labute approximate surface area is 126 Å². The van der Waals surface area contributed by atoms with Crippen molar-refractivity contribution in [3.05, 3.63) is 53.9 Å². The number of benzene rings is 1. The van der Waals surface area contributed by atoms with Crippen LogP contribution in [0.1, 0.15) is 16.8 Å². The highest BCUT2D eigenvalue weighted by molar-refractivity contribution is 5.96. The molecule has 114 valence electrons. The zero-order valence-corrected chi connectivity index (χ0v) is 11.8. The summed E-state index contributed by atoms with van der Waals surface area (Å²) < 4.78 is 13.0. The summed E-state index contributed by atoms with van der Waals surface area (Å²) in [6, 6.07) is 5.96. The molecule has 0 spiro atoms. The monoisotopic (exact) mass is 302 g/mol. The first-order chi connectivity index (χ1) is 10.6. The number of urea groups is 1. The van der Waals surface area contributed by atoms with Crippen LogP contribution in [0.5, 0.6) is 0 Å². The fourth-order valence-corrected chi connectivity index (χ4v) is 2.72. The van der Waals surface area contributed by atoms with Gasteiger partial charge in [-0.3, -0.25) is 4.90 Å². The Morgan fingerprint density at radius 2 is 2.14 bits per heavy atom. The summed E-state index contributed by atoms with van der Waals surface area (Å²) >= 11 is 0. The van der Waals surface area contributed by atoms with Crippen LogP contribution >= 0.6 is 0 Å². The number of hydrogen-bond acceptors (Lipinski definition) is 2. The number of rotatable bonds is 3. The molecule has 1 saturated heterocycles. The van der Waals surface area contributed by atoms with Gasteiger partial charge in [0.25, 0.3) is 0 Å². The molecule has 1 aromatic rings. The second-order valence-electron chi connectivity index (χ2n) is 5.23. The molecule has 1 unspecified atom stereocenters. The molecule has 2 amide bonds. The van der Waals surface area contributed by atoms with E-state index in [0.717, 1.165) is 0 Å². The fourth-order valence-electron chi connectivity index (χ4n) is 2.72. The molecule has 1 N–H and O–H groups in total. The zero-order chi connectivity index (χ0) is 15.7. The smallest absolute Gasteiger partial charge is 0.335 e. The molecular weight excluding hydrogens is 287 g/mol. The van der Waals surface area contributed by atoms with Crippen molar-refractivity contribution < 1.29 is 19.1 Å². The first-order valence-electron chi connectivity index (χ1n) is 7.01. The van der Waals surface area contributed by atoms with E-state index < -0.39 is 5.97 Å². The van der Waals surface area contributed by atoms with Crippen molar-refractivity contribution in [1.29, 1.82) is 0 Å². The molecule has 1 aliphatic heterocycles. The number of allylic oxidation sites excluding steroid dienone is 2. The highest BCUT2D eigenvalue weighted by Crippen LogP contribution is 2.25. The molecule has 1 fully saturated rings. The number of aromatic carboxylic acids is 1. The molecule has 22 heavy (non-hydrogen) atoms. The highest BCUT2D eigenvalue weighted by atomic mass is 19.1. The van der Waals surface area contributed by atoms with Crippen LogP contribution in [0.15, 0.2) is 48.3 Å². The predicted molar refractivity (Wildman–Crippen MR) is 79.6 cm³/mol. The Kier molecular flexibility index (Phi) is 3.66. The lowest BCUT2D eigenvalue weighted by atomic mass is 10.1. The van der Waals surface area contributed by atoms with E-state index in [0.29, 0.717) is 25.2 Å². The number of anilines is 1. The van der Waals surface area contributed by atoms with Crippen LogP contribution in [0.4, 0.5) is 14.9 Å². The van der Waals surface area contributed by atoms with Gasteiger partial charge in [-0.05, 0) is 36.8 Å². The summed E-state index contributed by atoms with van der Waals surface area (Å²) in [6.07, 6.45) is 4.97. The van der Waals surface area contributed by atoms with E-state index >= 15 is 0 Å². The van der Waals surface area contributed by atoms with Crippen LogP contribution in [0.3, 0.4) is 0 Å². The number of carboxylic acid groups (broad SMARTS) is 1. The quantitative estimate of drug-likeness (QED) is 0.934. The summed E-state index contributed by atoms with van der Waals surface area (Å²) in [5, 5.41) is 9.03. The van der Waals surface area contributed by atoms with E-state index in [9.17, 15) is 14.0 Å². The lowest BCUT2D eigenvalue weighted by molar-refractivity contribution is 0.0697. The minimum Gasteiger partial charge on any atom is -0.478 e. The van der Waals surface area contributed by atoms with Gasteiger partial charge in [0.15, 0.2) is 0 Å². The average molecular weight is 302 g/mol. The Morgan fingerprint density at radius 1 is 1.32 bits per heavy atom. The van der Waals surface area contributed by atoms with Crippen molar-refractivity contribution in [1.82, 2.24) is 4.90 Å². The molecule has 1 atom stereocenters. The van der Waals surface area contributed by atoms with Crippen molar-refractivity contribution in [3.8, 4) is 0 Å². The first kappa shape index (κ1) is 14.3. The lowest BCUT2D eigenvalue weighted by Gasteiger charge is -2.26. The van der Waals surface area contributed by atoms with Crippen molar-refractivity contribution >= 4 is 17.7 Å². The standard InChI is InChI=1S/C16H15FN2O3/c17-12-4-6-13(7-5-12)18-8-9-19(16(18)22)14-3-1-2-11(10-14)15(20)21/h1-6,10,13H,7-9H2,(H,20,21). The van der Waals surface area contributed by atoms with E-state index in [-0.39, 0.29) is 23.5 Å². The van der Waals surface area contributed by atoms with Gasteiger partial charge in [0.1, 0.15) is 5.83 Å². The van der Waals surface area contributed by atoms with E-state index in [1.807, 2.05) is 0 Å². The van der Waals surface area contributed by atoms with E-state index in [4.69, 9.17) is 5.11 Å². The Bertz CT molecular complexity index is 684.